The van der Waals surface area contributed by atoms with Crippen LogP contribution in [0.25, 0.3) is 16.9 Å². The van der Waals surface area contributed by atoms with Crippen LogP contribution < -0.4 is 10.4 Å². The molecule has 1 fully saturated rings. The predicted molar refractivity (Wildman–Crippen MR) is 122 cm³/mol. The number of hydrogen-bond donors (Lipinski definition) is 0. The van der Waals surface area contributed by atoms with Crippen molar-refractivity contribution >= 4 is 0 Å². The van der Waals surface area contributed by atoms with Crippen molar-refractivity contribution in [3.63, 3.8) is 0 Å². The highest BCUT2D eigenvalue weighted by molar-refractivity contribution is 5.62. The van der Waals surface area contributed by atoms with E-state index in [-0.39, 0.29) is 18.3 Å². The van der Waals surface area contributed by atoms with Gasteiger partial charge in [0.05, 0.1) is 16.9 Å². The van der Waals surface area contributed by atoms with Gasteiger partial charge in [-0.3, -0.25) is 4.98 Å². The van der Waals surface area contributed by atoms with Crippen LogP contribution in [-0.2, 0) is 19.8 Å². The summed E-state index contributed by atoms with van der Waals surface area (Å²) in [6.07, 6.45) is -2.69. The molecular weight excluding hydrogens is 459 g/mol. The lowest BCUT2D eigenvalue weighted by Crippen LogP contribution is -2.23. The number of aryl methyl sites for hydroxylation is 2. The fourth-order valence-corrected chi connectivity index (χ4v) is 4.08. The van der Waals surface area contributed by atoms with Crippen molar-refractivity contribution in [3.05, 3.63) is 87.5 Å². The van der Waals surface area contributed by atoms with Gasteiger partial charge in [0.25, 0.3) is 0 Å². The van der Waals surface area contributed by atoms with Gasteiger partial charge in [0, 0.05) is 23.9 Å². The van der Waals surface area contributed by atoms with Crippen LogP contribution in [0.5, 0.6) is 5.75 Å². The van der Waals surface area contributed by atoms with E-state index < -0.39 is 17.4 Å². The highest BCUT2D eigenvalue weighted by atomic mass is 19.4. The van der Waals surface area contributed by atoms with Gasteiger partial charge >= 0.3 is 11.9 Å². The molecular formula is C25H22F3N5O2. The van der Waals surface area contributed by atoms with Gasteiger partial charge in [-0.05, 0) is 78.1 Å². The van der Waals surface area contributed by atoms with Crippen molar-refractivity contribution in [3.8, 4) is 22.7 Å². The predicted octanol–water partition coefficient (Wildman–Crippen LogP) is 4.81. The number of halogens is 3. The van der Waals surface area contributed by atoms with Crippen molar-refractivity contribution in [2.24, 2.45) is 7.05 Å². The van der Waals surface area contributed by atoms with Gasteiger partial charge in [0.2, 0.25) is 0 Å². The smallest absolute Gasteiger partial charge is 0.419 e. The Labute approximate surface area is 198 Å². The van der Waals surface area contributed by atoms with Crippen LogP contribution in [0.2, 0.25) is 0 Å². The van der Waals surface area contributed by atoms with E-state index in [1.807, 2.05) is 6.07 Å². The van der Waals surface area contributed by atoms with Gasteiger partial charge in [0.15, 0.2) is 0 Å². The lowest BCUT2D eigenvalue weighted by atomic mass is 10.0. The van der Waals surface area contributed by atoms with E-state index in [0.717, 1.165) is 33.8 Å². The molecule has 2 aromatic heterocycles. The average molecular weight is 481 g/mol. The third-order valence-electron chi connectivity index (χ3n) is 6.00. The topological polar surface area (TPSA) is 74.8 Å². The number of aromatic nitrogens is 5. The second kappa shape index (κ2) is 8.68. The van der Waals surface area contributed by atoms with Crippen molar-refractivity contribution < 1.29 is 17.9 Å². The van der Waals surface area contributed by atoms with E-state index in [1.165, 1.54) is 13.1 Å². The molecule has 0 bridgehead atoms. The molecule has 35 heavy (non-hydrogen) atoms. The highest BCUT2D eigenvalue weighted by Gasteiger charge is 2.35. The van der Waals surface area contributed by atoms with Crippen molar-refractivity contribution in [2.45, 2.75) is 38.5 Å². The number of hydrogen-bond acceptors (Lipinski definition) is 5. The maximum absolute atomic E-state index is 14.0. The quantitative estimate of drug-likeness (QED) is 0.395. The van der Waals surface area contributed by atoms with Gasteiger partial charge in [0.1, 0.15) is 12.4 Å². The molecule has 180 valence electrons. The molecule has 1 aliphatic rings. The molecule has 7 nitrogen and oxygen atoms in total. The molecule has 0 saturated heterocycles. The van der Waals surface area contributed by atoms with Crippen LogP contribution in [-0.4, -0.2) is 24.8 Å². The second-order valence-corrected chi connectivity index (χ2v) is 8.58. The summed E-state index contributed by atoms with van der Waals surface area (Å²) in [5.41, 5.74) is 2.17. The largest absolute Gasteiger partial charge is 0.488 e. The van der Waals surface area contributed by atoms with Gasteiger partial charge in [-0.15, -0.1) is 0 Å². The average Bonchev–Trinajstić information content (AvgIpc) is 3.62. The van der Waals surface area contributed by atoms with Gasteiger partial charge in [-0.25, -0.2) is 4.79 Å². The number of ether oxygens (including phenoxy) is 1. The van der Waals surface area contributed by atoms with E-state index in [0.29, 0.717) is 28.2 Å². The number of benzene rings is 2. The van der Waals surface area contributed by atoms with Gasteiger partial charge in [-0.1, -0.05) is 18.2 Å². The standard InChI is InChI=1S/C25H22F3N5O2/c1-15-5-3-7-21(29-15)17-11-12-23(20(13-17)25(26,27)28)35-14-19-18(16-9-10-16)6-4-8-22(19)33-24(34)32(2)30-31-33/h3-8,11-13,16H,9-10,14H2,1-2H3. The zero-order chi connectivity index (χ0) is 24.7. The summed E-state index contributed by atoms with van der Waals surface area (Å²) in [7, 11) is 1.48. The first-order chi connectivity index (χ1) is 16.7. The first-order valence-electron chi connectivity index (χ1n) is 11.1. The molecule has 4 aromatic rings. The monoisotopic (exact) mass is 481 g/mol. The third-order valence-corrected chi connectivity index (χ3v) is 6.00. The number of alkyl halides is 3. The Morgan fingerprint density at radius 3 is 2.49 bits per heavy atom. The number of nitrogens with zero attached hydrogens (tertiary/aromatic N) is 5. The molecule has 2 aromatic carbocycles. The zero-order valence-electron chi connectivity index (χ0n) is 19.1. The van der Waals surface area contributed by atoms with Crippen molar-refractivity contribution in [1.29, 1.82) is 0 Å². The van der Waals surface area contributed by atoms with Gasteiger partial charge < -0.3 is 4.74 Å². The molecule has 2 heterocycles. The maximum atomic E-state index is 14.0. The Bertz CT molecular complexity index is 1450. The van der Waals surface area contributed by atoms with Crippen molar-refractivity contribution in [2.75, 3.05) is 0 Å². The van der Waals surface area contributed by atoms with Crippen molar-refractivity contribution in [1.82, 2.24) is 24.8 Å². The molecule has 0 spiro atoms. The first kappa shape index (κ1) is 22.8. The summed E-state index contributed by atoms with van der Waals surface area (Å²) in [6.45, 7) is 1.62. The summed E-state index contributed by atoms with van der Waals surface area (Å²) in [6, 6.07) is 14.5. The molecule has 0 unspecified atom stereocenters. The number of pyridine rings is 1. The molecule has 5 rings (SSSR count). The summed E-state index contributed by atoms with van der Waals surface area (Å²) in [5, 5.41) is 7.66. The van der Waals surface area contributed by atoms with Crippen LogP contribution in [0.3, 0.4) is 0 Å². The second-order valence-electron chi connectivity index (χ2n) is 8.58. The minimum atomic E-state index is -4.63. The van der Waals surface area contributed by atoms with Crippen LogP contribution in [0, 0.1) is 6.92 Å². The normalized spacial score (nSPS) is 13.7. The first-order valence-corrected chi connectivity index (χ1v) is 11.1. The summed E-state index contributed by atoms with van der Waals surface area (Å²) in [5.74, 6) is -0.0188. The Morgan fingerprint density at radius 1 is 1.06 bits per heavy atom. The molecule has 0 amide bonds. The minimum Gasteiger partial charge on any atom is -0.488 e. The lowest BCUT2D eigenvalue weighted by Gasteiger charge is -2.18. The van der Waals surface area contributed by atoms with E-state index in [1.54, 1.807) is 43.3 Å². The highest BCUT2D eigenvalue weighted by Crippen LogP contribution is 2.44. The fraction of sp³-hybridized carbons (Fsp3) is 0.280. The summed E-state index contributed by atoms with van der Waals surface area (Å²) in [4.78, 5) is 16.8. The molecule has 1 aliphatic carbocycles. The Morgan fingerprint density at radius 2 is 1.83 bits per heavy atom. The van der Waals surface area contributed by atoms with E-state index in [2.05, 4.69) is 15.4 Å². The Hall–Kier alpha value is -3.95. The van der Waals surface area contributed by atoms with Crippen LogP contribution in [0.4, 0.5) is 13.2 Å². The summed E-state index contributed by atoms with van der Waals surface area (Å²) >= 11 is 0. The van der Waals surface area contributed by atoms with Gasteiger partial charge in [-0.2, -0.15) is 22.5 Å². The SMILES string of the molecule is Cc1cccc(-c2ccc(OCc3c(C4CC4)cccc3-n3nnn(C)c3=O)c(C(F)(F)F)c2)n1. The fourth-order valence-electron chi connectivity index (χ4n) is 4.08. The Balaban J connectivity index is 1.53. The summed E-state index contributed by atoms with van der Waals surface area (Å²) < 4.78 is 50.0. The van der Waals surface area contributed by atoms with Crippen LogP contribution >= 0.6 is 0 Å². The van der Waals surface area contributed by atoms with E-state index >= 15 is 0 Å². The molecule has 0 radical (unpaired) electrons. The minimum absolute atomic E-state index is 0.157. The molecule has 0 aliphatic heterocycles. The lowest BCUT2D eigenvalue weighted by molar-refractivity contribution is -0.139. The van der Waals surface area contributed by atoms with Crippen LogP contribution in [0.1, 0.15) is 41.1 Å². The molecule has 1 saturated carbocycles. The van der Waals surface area contributed by atoms with E-state index in [9.17, 15) is 18.0 Å². The molecule has 0 atom stereocenters. The Kier molecular flexibility index (Phi) is 5.66. The van der Waals surface area contributed by atoms with Crippen LogP contribution in [0.15, 0.2) is 59.4 Å². The van der Waals surface area contributed by atoms with E-state index in [4.69, 9.17) is 4.74 Å². The zero-order valence-corrected chi connectivity index (χ0v) is 19.1. The number of tetrazole rings is 1. The maximum Gasteiger partial charge on any atom is 0.419 e. The third kappa shape index (κ3) is 4.55. The number of rotatable bonds is 6. The molecule has 10 heteroatoms. The molecule has 0 N–H and O–H groups in total.